The van der Waals surface area contributed by atoms with E-state index in [0.717, 1.165) is 28.4 Å². The van der Waals surface area contributed by atoms with Gasteiger partial charge in [-0.25, -0.2) is 0 Å². The SMILES string of the molecule is Cc1cc(OC[C@H](O)C[NH+]2[C@H](C)CCC[C@@H]2C)cc(C)c1Cl. The monoisotopic (exact) mass is 326 g/mol. The lowest BCUT2D eigenvalue weighted by Crippen LogP contribution is -3.20. The Bertz CT molecular complexity index is 473. The third-order valence-electron chi connectivity index (χ3n) is 4.86. The van der Waals surface area contributed by atoms with Gasteiger partial charge in [0, 0.05) is 5.02 Å². The van der Waals surface area contributed by atoms with Crippen molar-refractivity contribution in [2.45, 2.75) is 65.1 Å². The second-order valence-electron chi connectivity index (χ2n) is 6.85. The molecule has 0 bridgehead atoms. The molecule has 3 nitrogen and oxygen atoms in total. The molecule has 2 rings (SSSR count). The van der Waals surface area contributed by atoms with E-state index in [9.17, 15) is 5.11 Å². The van der Waals surface area contributed by atoms with Crippen molar-refractivity contribution < 1.29 is 14.7 Å². The number of benzene rings is 1. The Hall–Kier alpha value is -0.770. The molecule has 1 aromatic rings. The molecule has 1 aliphatic rings. The Morgan fingerprint density at radius 3 is 2.32 bits per heavy atom. The number of ether oxygens (including phenoxy) is 1. The maximum atomic E-state index is 10.3. The zero-order valence-electron chi connectivity index (χ0n) is 14.2. The lowest BCUT2D eigenvalue weighted by Gasteiger charge is -2.36. The fourth-order valence-corrected chi connectivity index (χ4v) is 3.61. The smallest absolute Gasteiger partial charge is 0.137 e. The number of piperidine rings is 1. The molecule has 1 heterocycles. The minimum atomic E-state index is -0.436. The van der Waals surface area contributed by atoms with Crippen LogP contribution in [0.3, 0.4) is 0 Å². The molecular weight excluding hydrogens is 298 g/mol. The van der Waals surface area contributed by atoms with E-state index in [1.807, 2.05) is 26.0 Å². The second kappa shape index (κ2) is 7.67. The van der Waals surface area contributed by atoms with Crippen LogP contribution in [0.4, 0.5) is 0 Å². The fourth-order valence-electron chi connectivity index (χ4n) is 3.50. The lowest BCUT2D eigenvalue weighted by atomic mass is 9.97. The molecule has 0 radical (unpaired) electrons. The van der Waals surface area contributed by atoms with E-state index in [2.05, 4.69) is 13.8 Å². The van der Waals surface area contributed by atoms with E-state index in [0.29, 0.717) is 18.7 Å². The van der Waals surface area contributed by atoms with E-state index in [-0.39, 0.29) is 0 Å². The highest BCUT2D eigenvalue weighted by atomic mass is 35.5. The van der Waals surface area contributed by atoms with Gasteiger partial charge >= 0.3 is 0 Å². The maximum absolute atomic E-state index is 10.3. The Kier molecular flexibility index (Phi) is 6.13. The molecule has 1 aliphatic heterocycles. The van der Waals surface area contributed by atoms with Gasteiger partial charge < -0.3 is 14.7 Å². The molecule has 0 amide bonds. The van der Waals surface area contributed by atoms with Crippen LogP contribution < -0.4 is 9.64 Å². The van der Waals surface area contributed by atoms with E-state index >= 15 is 0 Å². The van der Waals surface area contributed by atoms with E-state index in [1.54, 1.807) is 0 Å². The first kappa shape index (κ1) is 17.6. The minimum absolute atomic E-state index is 0.337. The van der Waals surface area contributed by atoms with Crippen molar-refractivity contribution in [1.82, 2.24) is 0 Å². The van der Waals surface area contributed by atoms with Gasteiger partial charge in [-0.05, 0) is 70.2 Å². The topological polar surface area (TPSA) is 33.9 Å². The Morgan fingerprint density at radius 1 is 1.23 bits per heavy atom. The van der Waals surface area contributed by atoms with Gasteiger partial charge in [-0.2, -0.15) is 0 Å². The van der Waals surface area contributed by atoms with Crippen LogP contribution in [-0.4, -0.2) is 36.4 Å². The number of halogens is 1. The number of quaternary nitrogens is 1. The number of nitrogens with one attached hydrogen (secondary N) is 1. The van der Waals surface area contributed by atoms with Crippen molar-refractivity contribution in [3.63, 3.8) is 0 Å². The lowest BCUT2D eigenvalue weighted by molar-refractivity contribution is -0.954. The molecule has 2 N–H and O–H groups in total. The van der Waals surface area contributed by atoms with Crippen molar-refractivity contribution in [3.8, 4) is 5.75 Å². The second-order valence-corrected chi connectivity index (χ2v) is 7.23. The van der Waals surface area contributed by atoms with E-state index in [1.165, 1.54) is 24.2 Å². The summed E-state index contributed by atoms with van der Waals surface area (Å²) in [6.45, 7) is 9.60. The fraction of sp³-hybridized carbons (Fsp3) is 0.667. The van der Waals surface area contributed by atoms with Crippen LogP contribution in [0.5, 0.6) is 5.75 Å². The molecular formula is C18H29ClNO2+. The third-order valence-corrected chi connectivity index (χ3v) is 5.46. The molecule has 1 fully saturated rings. The van der Waals surface area contributed by atoms with Gasteiger partial charge in [0.05, 0.1) is 12.1 Å². The third kappa shape index (κ3) is 4.37. The minimum Gasteiger partial charge on any atom is -0.491 e. The number of hydrogen-bond donors (Lipinski definition) is 2. The number of rotatable bonds is 5. The van der Waals surface area contributed by atoms with Crippen molar-refractivity contribution in [1.29, 1.82) is 0 Å². The summed E-state index contributed by atoms with van der Waals surface area (Å²) in [6.07, 6.45) is 3.38. The Morgan fingerprint density at radius 2 is 1.77 bits per heavy atom. The average molecular weight is 327 g/mol. The highest BCUT2D eigenvalue weighted by Crippen LogP contribution is 2.25. The molecule has 1 saturated heterocycles. The van der Waals surface area contributed by atoms with Crippen LogP contribution >= 0.6 is 11.6 Å². The van der Waals surface area contributed by atoms with Crippen LogP contribution in [0.1, 0.15) is 44.2 Å². The van der Waals surface area contributed by atoms with Crippen molar-refractivity contribution >= 4 is 11.6 Å². The van der Waals surface area contributed by atoms with Gasteiger partial charge in [-0.15, -0.1) is 0 Å². The number of aryl methyl sites for hydroxylation is 2. The normalized spacial score (nSPS) is 26.7. The van der Waals surface area contributed by atoms with Gasteiger partial charge in [-0.1, -0.05) is 11.6 Å². The zero-order valence-corrected chi connectivity index (χ0v) is 14.9. The summed E-state index contributed by atoms with van der Waals surface area (Å²) in [5, 5.41) is 11.1. The summed E-state index contributed by atoms with van der Waals surface area (Å²) >= 11 is 6.16. The van der Waals surface area contributed by atoms with Gasteiger partial charge in [0.1, 0.15) is 25.0 Å². The maximum Gasteiger partial charge on any atom is 0.137 e. The molecule has 0 saturated carbocycles. The highest BCUT2D eigenvalue weighted by Gasteiger charge is 2.30. The molecule has 4 heteroatoms. The number of likely N-dealkylation sites (tertiary alicyclic amines) is 1. The van der Waals surface area contributed by atoms with E-state index < -0.39 is 6.10 Å². The molecule has 0 aromatic heterocycles. The van der Waals surface area contributed by atoms with Gasteiger partial charge in [0.15, 0.2) is 0 Å². The molecule has 4 atom stereocenters. The summed E-state index contributed by atoms with van der Waals surface area (Å²) in [4.78, 5) is 1.51. The average Bonchev–Trinajstić information content (AvgIpc) is 2.46. The summed E-state index contributed by atoms with van der Waals surface area (Å²) in [5.41, 5.74) is 2.02. The van der Waals surface area contributed by atoms with E-state index in [4.69, 9.17) is 16.3 Å². The van der Waals surface area contributed by atoms with Crippen LogP contribution in [0.2, 0.25) is 5.02 Å². The standard InChI is InChI=1S/C18H28ClNO2/c1-12-8-17(9-13(2)18(12)19)22-11-16(21)10-20-14(3)6-5-7-15(20)4/h8-9,14-16,21H,5-7,10-11H2,1-4H3/p+1/t14-,15+,16-/m1/s1. The van der Waals surface area contributed by atoms with Gasteiger partial charge in [-0.3, -0.25) is 0 Å². The molecule has 1 unspecified atom stereocenters. The van der Waals surface area contributed by atoms with Gasteiger partial charge in [0.2, 0.25) is 0 Å². The first-order chi connectivity index (χ1) is 10.4. The summed E-state index contributed by atoms with van der Waals surface area (Å²) < 4.78 is 5.77. The number of aliphatic hydroxyl groups excluding tert-OH is 1. The molecule has 1 aromatic carbocycles. The first-order valence-electron chi connectivity index (χ1n) is 8.31. The van der Waals surface area contributed by atoms with Crippen molar-refractivity contribution in [2.24, 2.45) is 0 Å². The first-order valence-corrected chi connectivity index (χ1v) is 8.69. The molecule has 0 spiro atoms. The van der Waals surface area contributed by atoms with Crippen LogP contribution in [-0.2, 0) is 0 Å². The van der Waals surface area contributed by atoms with Crippen LogP contribution in [0, 0.1) is 13.8 Å². The molecule has 124 valence electrons. The predicted molar refractivity (Wildman–Crippen MR) is 91.0 cm³/mol. The zero-order chi connectivity index (χ0) is 16.3. The van der Waals surface area contributed by atoms with Crippen molar-refractivity contribution in [3.05, 3.63) is 28.3 Å². The molecule has 22 heavy (non-hydrogen) atoms. The summed E-state index contributed by atoms with van der Waals surface area (Å²) in [6, 6.07) is 5.11. The summed E-state index contributed by atoms with van der Waals surface area (Å²) in [5.74, 6) is 0.785. The predicted octanol–water partition coefficient (Wildman–Crippen LogP) is 2.54. The van der Waals surface area contributed by atoms with Gasteiger partial charge in [0.25, 0.3) is 0 Å². The number of hydrogen-bond acceptors (Lipinski definition) is 2. The number of aliphatic hydroxyl groups is 1. The highest BCUT2D eigenvalue weighted by molar-refractivity contribution is 6.32. The molecule has 0 aliphatic carbocycles. The quantitative estimate of drug-likeness (QED) is 0.872. The van der Waals surface area contributed by atoms with Crippen LogP contribution in [0.25, 0.3) is 0 Å². The Labute approximate surface area is 139 Å². The van der Waals surface area contributed by atoms with Crippen molar-refractivity contribution in [2.75, 3.05) is 13.2 Å². The summed E-state index contributed by atoms with van der Waals surface area (Å²) in [7, 11) is 0. The van der Waals surface area contributed by atoms with Crippen LogP contribution in [0.15, 0.2) is 12.1 Å². The largest absolute Gasteiger partial charge is 0.491 e. The Balaban J connectivity index is 1.88.